The van der Waals surface area contributed by atoms with Crippen molar-refractivity contribution in [3.05, 3.63) is 23.8 Å². The lowest BCUT2D eigenvalue weighted by Crippen LogP contribution is -1.97. The summed E-state index contributed by atoms with van der Waals surface area (Å²) in [6.07, 6.45) is 1.23. The molecule has 1 aliphatic rings. The Balaban J connectivity index is 2.25. The molecule has 0 aliphatic carbocycles. The molecule has 2 rings (SSSR count). The average Bonchev–Trinajstić information content (AvgIpc) is 2.62. The zero-order chi connectivity index (χ0) is 9.26. The van der Waals surface area contributed by atoms with E-state index in [2.05, 4.69) is 0 Å². The monoisotopic (exact) mass is 195 g/mol. The van der Waals surface area contributed by atoms with E-state index < -0.39 is 0 Å². The van der Waals surface area contributed by atoms with Gasteiger partial charge in [0.25, 0.3) is 0 Å². The summed E-state index contributed by atoms with van der Waals surface area (Å²) < 4.78 is 0. The van der Waals surface area contributed by atoms with Crippen LogP contribution in [0.5, 0.6) is 5.75 Å². The van der Waals surface area contributed by atoms with Crippen molar-refractivity contribution in [1.82, 2.24) is 0 Å². The molecule has 2 nitrogen and oxygen atoms in total. The number of phenols is 1. The highest BCUT2D eigenvalue weighted by atomic mass is 32.2. The molecule has 0 saturated carbocycles. The molecule has 13 heavy (non-hydrogen) atoms. The molecule has 0 spiro atoms. The molecule has 1 aromatic rings. The van der Waals surface area contributed by atoms with Crippen LogP contribution in [0, 0.1) is 0 Å². The van der Waals surface area contributed by atoms with Crippen LogP contribution in [0.3, 0.4) is 0 Å². The standard InChI is InChI=1S/C10H13NOS/c11-9-5-7(1-2-10(9)12)8-3-4-13-6-8/h1-2,5,8,12H,3-4,6,11H2. The fourth-order valence-corrected chi connectivity index (χ4v) is 2.89. The van der Waals surface area contributed by atoms with E-state index in [4.69, 9.17) is 5.73 Å². The first-order chi connectivity index (χ1) is 6.27. The minimum absolute atomic E-state index is 0.189. The zero-order valence-corrected chi connectivity index (χ0v) is 8.18. The van der Waals surface area contributed by atoms with Gasteiger partial charge in [-0.1, -0.05) is 6.07 Å². The second kappa shape index (κ2) is 3.50. The smallest absolute Gasteiger partial charge is 0.138 e. The van der Waals surface area contributed by atoms with Crippen molar-refractivity contribution in [3.8, 4) is 5.75 Å². The molecule has 3 N–H and O–H groups in total. The van der Waals surface area contributed by atoms with Crippen molar-refractivity contribution in [3.63, 3.8) is 0 Å². The summed E-state index contributed by atoms with van der Waals surface area (Å²) in [4.78, 5) is 0. The number of aromatic hydroxyl groups is 1. The summed E-state index contributed by atoms with van der Waals surface area (Å²) >= 11 is 1.98. The first-order valence-electron chi connectivity index (χ1n) is 4.43. The molecule has 0 amide bonds. The van der Waals surface area contributed by atoms with E-state index in [0.29, 0.717) is 11.6 Å². The van der Waals surface area contributed by atoms with Crippen molar-refractivity contribution in [1.29, 1.82) is 0 Å². The van der Waals surface area contributed by atoms with Gasteiger partial charge in [0.1, 0.15) is 5.75 Å². The number of phenolic OH excluding ortho intramolecular Hbond substituents is 1. The third-order valence-electron chi connectivity index (χ3n) is 2.45. The van der Waals surface area contributed by atoms with Crippen molar-refractivity contribution in [2.75, 3.05) is 17.2 Å². The second-order valence-corrected chi connectivity index (χ2v) is 4.53. The summed E-state index contributed by atoms with van der Waals surface area (Å²) in [5, 5.41) is 9.26. The second-order valence-electron chi connectivity index (χ2n) is 3.38. The molecule has 0 bridgehead atoms. The van der Waals surface area contributed by atoms with E-state index in [1.165, 1.54) is 23.5 Å². The van der Waals surface area contributed by atoms with Crippen molar-refractivity contribution in [2.24, 2.45) is 0 Å². The predicted molar refractivity (Wildman–Crippen MR) is 57.2 cm³/mol. The number of anilines is 1. The number of rotatable bonds is 1. The molecule has 1 aromatic carbocycles. The van der Waals surface area contributed by atoms with Crippen LogP contribution in [-0.2, 0) is 0 Å². The third kappa shape index (κ3) is 1.75. The molecule has 1 fully saturated rings. The zero-order valence-electron chi connectivity index (χ0n) is 7.36. The summed E-state index contributed by atoms with van der Waals surface area (Å²) in [7, 11) is 0. The lowest BCUT2D eigenvalue weighted by Gasteiger charge is -2.09. The highest BCUT2D eigenvalue weighted by Crippen LogP contribution is 2.34. The number of benzene rings is 1. The van der Waals surface area contributed by atoms with Gasteiger partial charge >= 0.3 is 0 Å². The van der Waals surface area contributed by atoms with Gasteiger partial charge in [-0.25, -0.2) is 0 Å². The van der Waals surface area contributed by atoms with E-state index in [1.807, 2.05) is 23.9 Å². The summed E-state index contributed by atoms with van der Waals surface area (Å²) in [6.45, 7) is 0. The molecule has 3 heteroatoms. The summed E-state index contributed by atoms with van der Waals surface area (Å²) in [5.41, 5.74) is 7.39. The Morgan fingerprint density at radius 1 is 1.46 bits per heavy atom. The van der Waals surface area contributed by atoms with Gasteiger partial charge < -0.3 is 10.8 Å². The normalized spacial score (nSPS) is 22.0. The minimum Gasteiger partial charge on any atom is -0.506 e. The van der Waals surface area contributed by atoms with Crippen LogP contribution in [0.4, 0.5) is 5.69 Å². The molecule has 1 saturated heterocycles. The van der Waals surface area contributed by atoms with E-state index in [9.17, 15) is 5.11 Å². The van der Waals surface area contributed by atoms with Crippen LogP contribution in [0.25, 0.3) is 0 Å². The first kappa shape index (κ1) is 8.75. The van der Waals surface area contributed by atoms with Crippen LogP contribution in [0.2, 0.25) is 0 Å². The molecule has 0 radical (unpaired) electrons. The van der Waals surface area contributed by atoms with Gasteiger partial charge in [0.05, 0.1) is 5.69 Å². The fraction of sp³-hybridized carbons (Fsp3) is 0.400. The van der Waals surface area contributed by atoms with E-state index in [1.54, 1.807) is 6.07 Å². The molecule has 70 valence electrons. The number of nitrogen functional groups attached to an aromatic ring is 1. The van der Waals surface area contributed by atoms with E-state index >= 15 is 0 Å². The topological polar surface area (TPSA) is 46.2 Å². The van der Waals surface area contributed by atoms with Gasteiger partial charge in [0.15, 0.2) is 0 Å². The SMILES string of the molecule is Nc1cc(C2CCSC2)ccc1O. The highest BCUT2D eigenvalue weighted by molar-refractivity contribution is 7.99. The van der Waals surface area contributed by atoms with Gasteiger partial charge in [-0.2, -0.15) is 11.8 Å². The molecule has 1 heterocycles. The van der Waals surface area contributed by atoms with E-state index in [-0.39, 0.29) is 5.75 Å². The molecular weight excluding hydrogens is 182 g/mol. The number of thioether (sulfide) groups is 1. The van der Waals surface area contributed by atoms with E-state index in [0.717, 1.165) is 0 Å². The Kier molecular flexibility index (Phi) is 2.36. The van der Waals surface area contributed by atoms with Crippen LogP contribution in [0.15, 0.2) is 18.2 Å². The molecule has 1 unspecified atom stereocenters. The predicted octanol–water partition coefficient (Wildman–Crippen LogP) is 2.19. The number of hydrogen-bond donors (Lipinski definition) is 2. The van der Waals surface area contributed by atoms with Gasteiger partial charge in [-0.05, 0) is 35.8 Å². The van der Waals surface area contributed by atoms with Crippen LogP contribution < -0.4 is 5.73 Å². The highest BCUT2D eigenvalue weighted by Gasteiger charge is 2.17. The Bertz CT molecular complexity index is 308. The maximum absolute atomic E-state index is 9.26. The van der Waals surface area contributed by atoms with Crippen molar-refractivity contribution >= 4 is 17.4 Å². The van der Waals surface area contributed by atoms with Crippen LogP contribution in [0.1, 0.15) is 17.9 Å². The Labute approximate surface area is 82.1 Å². The van der Waals surface area contributed by atoms with Crippen LogP contribution in [-0.4, -0.2) is 16.6 Å². The minimum atomic E-state index is 0.189. The molecular formula is C10H13NOS. The Hall–Kier alpha value is -0.830. The average molecular weight is 195 g/mol. The molecule has 1 atom stereocenters. The largest absolute Gasteiger partial charge is 0.506 e. The lowest BCUT2D eigenvalue weighted by atomic mass is 9.98. The Morgan fingerprint density at radius 2 is 2.31 bits per heavy atom. The Morgan fingerprint density at radius 3 is 2.92 bits per heavy atom. The maximum atomic E-state index is 9.26. The van der Waals surface area contributed by atoms with Crippen molar-refractivity contribution in [2.45, 2.75) is 12.3 Å². The summed E-state index contributed by atoms with van der Waals surface area (Å²) in [6, 6.07) is 5.56. The lowest BCUT2D eigenvalue weighted by molar-refractivity contribution is 0.477. The summed E-state index contributed by atoms with van der Waals surface area (Å²) in [5.74, 6) is 3.25. The van der Waals surface area contributed by atoms with Gasteiger partial charge in [0.2, 0.25) is 0 Å². The third-order valence-corrected chi connectivity index (χ3v) is 3.62. The van der Waals surface area contributed by atoms with Crippen molar-refractivity contribution < 1.29 is 5.11 Å². The van der Waals surface area contributed by atoms with Gasteiger partial charge in [0, 0.05) is 5.75 Å². The molecule has 0 aromatic heterocycles. The fourth-order valence-electron chi connectivity index (χ4n) is 1.62. The quantitative estimate of drug-likeness (QED) is 0.533. The number of hydrogen-bond acceptors (Lipinski definition) is 3. The number of nitrogens with two attached hydrogens (primary N) is 1. The van der Waals surface area contributed by atoms with Gasteiger partial charge in [-0.15, -0.1) is 0 Å². The van der Waals surface area contributed by atoms with Crippen LogP contribution >= 0.6 is 11.8 Å². The van der Waals surface area contributed by atoms with Gasteiger partial charge in [-0.3, -0.25) is 0 Å². The first-order valence-corrected chi connectivity index (χ1v) is 5.59. The molecule has 1 aliphatic heterocycles. The maximum Gasteiger partial charge on any atom is 0.138 e.